The summed E-state index contributed by atoms with van der Waals surface area (Å²) in [6, 6.07) is 0. The van der Waals surface area contributed by atoms with E-state index < -0.39 is 10.0 Å². The van der Waals surface area contributed by atoms with E-state index in [9.17, 15) is 8.42 Å². The lowest BCUT2D eigenvalue weighted by Gasteiger charge is -1.97. The summed E-state index contributed by atoms with van der Waals surface area (Å²) in [4.78, 5) is 0. The molecule has 0 aliphatic rings. The lowest BCUT2D eigenvalue weighted by atomic mass is 10.6. The van der Waals surface area contributed by atoms with Gasteiger partial charge in [-0.2, -0.15) is 12.6 Å². The Morgan fingerprint density at radius 2 is 2.11 bits per heavy atom. The Kier molecular flexibility index (Phi) is 4.26. The van der Waals surface area contributed by atoms with Crippen LogP contribution in [0.1, 0.15) is 6.42 Å². The maximum atomic E-state index is 10.6. The van der Waals surface area contributed by atoms with E-state index >= 15 is 0 Å². The van der Waals surface area contributed by atoms with E-state index in [1.165, 1.54) is 7.05 Å². The fourth-order valence-corrected chi connectivity index (χ4v) is 1.46. The topological polar surface area (TPSA) is 46.2 Å². The fraction of sp³-hybridized carbons (Fsp3) is 1.00. The smallest absolute Gasteiger partial charge is 0.211 e. The first-order chi connectivity index (χ1) is 4.12. The number of hydrogen-bond donors (Lipinski definition) is 2. The highest BCUT2D eigenvalue weighted by molar-refractivity contribution is 7.89. The Balaban J connectivity index is 3.61. The third-order valence-corrected chi connectivity index (χ3v) is 2.65. The van der Waals surface area contributed by atoms with Crippen molar-refractivity contribution in [3.05, 3.63) is 0 Å². The Morgan fingerprint density at radius 1 is 1.56 bits per heavy atom. The van der Waals surface area contributed by atoms with Crippen molar-refractivity contribution in [2.75, 3.05) is 18.6 Å². The SMILES string of the molecule is CNS(=O)(=O)CCCS. The van der Waals surface area contributed by atoms with E-state index in [1.54, 1.807) is 0 Å². The molecule has 0 saturated carbocycles. The van der Waals surface area contributed by atoms with Crippen LogP contribution >= 0.6 is 12.6 Å². The Labute approximate surface area is 61.3 Å². The summed E-state index contributed by atoms with van der Waals surface area (Å²) in [5, 5.41) is 0. The Bertz CT molecular complexity index is 152. The van der Waals surface area contributed by atoms with Crippen LogP contribution in [0, 0.1) is 0 Å². The molecule has 0 aromatic heterocycles. The second kappa shape index (κ2) is 4.14. The summed E-state index contributed by atoms with van der Waals surface area (Å²) < 4.78 is 23.4. The molecule has 5 heteroatoms. The van der Waals surface area contributed by atoms with Gasteiger partial charge in [-0.15, -0.1) is 0 Å². The summed E-state index contributed by atoms with van der Waals surface area (Å²) in [5.41, 5.74) is 0. The Morgan fingerprint density at radius 3 is 2.44 bits per heavy atom. The van der Waals surface area contributed by atoms with Gasteiger partial charge in [-0.25, -0.2) is 13.1 Å². The molecule has 9 heavy (non-hydrogen) atoms. The molecule has 0 heterocycles. The molecule has 0 aliphatic heterocycles. The van der Waals surface area contributed by atoms with Crippen LogP contribution in [0.4, 0.5) is 0 Å². The minimum atomic E-state index is -2.98. The van der Waals surface area contributed by atoms with Gasteiger partial charge in [-0.05, 0) is 19.2 Å². The molecule has 1 N–H and O–H groups in total. The molecule has 0 amide bonds. The van der Waals surface area contributed by atoms with Crippen LogP contribution in [0.15, 0.2) is 0 Å². The van der Waals surface area contributed by atoms with Crippen molar-refractivity contribution in [2.24, 2.45) is 0 Å². The number of thiol groups is 1. The van der Waals surface area contributed by atoms with Crippen molar-refractivity contribution in [2.45, 2.75) is 6.42 Å². The van der Waals surface area contributed by atoms with Crippen LogP contribution in [0.3, 0.4) is 0 Å². The van der Waals surface area contributed by atoms with Crippen molar-refractivity contribution in [1.82, 2.24) is 4.72 Å². The van der Waals surface area contributed by atoms with E-state index in [0.29, 0.717) is 12.2 Å². The predicted octanol–water partition coefficient (Wildman–Crippen LogP) is -0.145. The van der Waals surface area contributed by atoms with Gasteiger partial charge in [0, 0.05) is 0 Å². The van der Waals surface area contributed by atoms with Gasteiger partial charge < -0.3 is 0 Å². The molecular weight excluding hydrogens is 158 g/mol. The lowest BCUT2D eigenvalue weighted by Crippen LogP contribution is -2.22. The monoisotopic (exact) mass is 169 g/mol. The molecule has 0 aliphatic carbocycles. The maximum absolute atomic E-state index is 10.6. The standard InChI is InChI=1S/C4H11NO2S2/c1-5-9(6,7)4-2-3-8/h5,8H,2-4H2,1H3. The van der Waals surface area contributed by atoms with E-state index in [1.807, 2.05) is 0 Å². The van der Waals surface area contributed by atoms with Gasteiger partial charge in [-0.1, -0.05) is 0 Å². The molecule has 3 nitrogen and oxygen atoms in total. The van der Waals surface area contributed by atoms with E-state index in [4.69, 9.17) is 0 Å². The van der Waals surface area contributed by atoms with E-state index in [0.717, 1.165) is 0 Å². The second-order valence-electron chi connectivity index (χ2n) is 1.60. The van der Waals surface area contributed by atoms with E-state index in [2.05, 4.69) is 17.4 Å². The van der Waals surface area contributed by atoms with Crippen molar-refractivity contribution >= 4 is 22.7 Å². The highest BCUT2D eigenvalue weighted by Gasteiger charge is 2.03. The van der Waals surface area contributed by atoms with Crippen LogP contribution < -0.4 is 4.72 Å². The third kappa shape index (κ3) is 4.74. The Hall–Kier alpha value is 0.260. The number of nitrogens with one attached hydrogen (secondary N) is 1. The van der Waals surface area contributed by atoms with Crippen LogP contribution in [0.5, 0.6) is 0 Å². The average Bonchev–Trinajstić information content (AvgIpc) is 1.84. The normalized spacial score (nSPS) is 11.8. The first-order valence-corrected chi connectivity index (χ1v) is 4.93. The van der Waals surface area contributed by atoms with Gasteiger partial charge in [-0.3, -0.25) is 0 Å². The molecule has 0 radical (unpaired) electrons. The summed E-state index contributed by atoms with van der Waals surface area (Å²) in [6.07, 6.45) is 0.603. The minimum absolute atomic E-state index is 0.174. The summed E-state index contributed by atoms with van der Waals surface area (Å²) >= 11 is 3.88. The van der Waals surface area contributed by atoms with Crippen molar-refractivity contribution in [3.63, 3.8) is 0 Å². The summed E-state index contributed by atoms with van der Waals surface area (Å²) in [6.45, 7) is 0. The summed E-state index contributed by atoms with van der Waals surface area (Å²) in [7, 11) is -1.57. The average molecular weight is 169 g/mol. The van der Waals surface area contributed by atoms with Crippen LogP contribution in [-0.4, -0.2) is 27.0 Å². The largest absolute Gasteiger partial charge is 0.218 e. The second-order valence-corrected chi connectivity index (χ2v) is 4.09. The number of hydrogen-bond acceptors (Lipinski definition) is 3. The first kappa shape index (κ1) is 9.26. The molecular formula is C4H11NO2S2. The zero-order valence-corrected chi connectivity index (χ0v) is 7.00. The van der Waals surface area contributed by atoms with Gasteiger partial charge in [0.1, 0.15) is 0 Å². The van der Waals surface area contributed by atoms with Gasteiger partial charge in [0.15, 0.2) is 0 Å². The molecule has 0 saturated heterocycles. The number of rotatable bonds is 4. The van der Waals surface area contributed by atoms with Crippen molar-refractivity contribution in [3.8, 4) is 0 Å². The van der Waals surface area contributed by atoms with Crippen molar-refractivity contribution < 1.29 is 8.42 Å². The molecule has 0 spiro atoms. The molecule has 0 aromatic rings. The highest BCUT2D eigenvalue weighted by Crippen LogP contribution is 1.89. The lowest BCUT2D eigenvalue weighted by molar-refractivity contribution is 0.587. The minimum Gasteiger partial charge on any atom is -0.218 e. The van der Waals surface area contributed by atoms with Gasteiger partial charge in [0.2, 0.25) is 10.0 Å². The predicted molar refractivity (Wildman–Crippen MR) is 41.3 cm³/mol. The molecule has 0 atom stereocenters. The fourth-order valence-electron chi connectivity index (χ4n) is 0.357. The van der Waals surface area contributed by atoms with Crippen LogP contribution in [-0.2, 0) is 10.0 Å². The maximum Gasteiger partial charge on any atom is 0.211 e. The molecule has 56 valence electrons. The van der Waals surface area contributed by atoms with Gasteiger partial charge >= 0.3 is 0 Å². The van der Waals surface area contributed by atoms with Gasteiger partial charge in [0.25, 0.3) is 0 Å². The van der Waals surface area contributed by atoms with Crippen molar-refractivity contribution in [1.29, 1.82) is 0 Å². The molecule has 0 fully saturated rings. The van der Waals surface area contributed by atoms with Gasteiger partial charge in [0.05, 0.1) is 5.75 Å². The zero-order valence-electron chi connectivity index (χ0n) is 5.29. The zero-order chi connectivity index (χ0) is 7.33. The summed E-state index contributed by atoms with van der Waals surface area (Å²) in [5.74, 6) is 0.786. The molecule has 0 aromatic carbocycles. The van der Waals surface area contributed by atoms with E-state index in [-0.39, 0.29) is 5.75 Å². The molecule has 0 unspecified atom stereocenters. The van der Waals surface area contributed by atoms with Crippen LogP contribution in [0.2, 0.25) is 0 Å². The molecule has 0 bridgehead atoms. The molecule has 0 rings (SSSR count). The quantitative estimate of drug-likeness (QED) is 0.575. The van der Waals surface area contributed by atoms with Crippen LogP contribution in [0.25, 0.3) is 0 Å². The highest BCUT2D eigenvalue weighted by atomic mass is 32.2. The number of sulfonamides is 1. The first-order valence-electron chi connectivity index (χ1n) is 2.64. The third-order valence-electron chi connectivity index (χ3n) is 0.882.